The molecule has 12 unspecified atom stereocenters. The zero-order valence-corrected chi connectivity index (χ0v) is 52.8. The summed E-state index contributed by atoms with van der Waals surface area (Å²) in [7, 11) is 0. The molecule has 2 heterocycles. The molecule has 9 N–H and O–H groups in total. The van der Waals surface area contributed by atoms with Crippen molar-refractivity contribution in [3.63, 3.8) is 0 Å². The molecule has 14 heteroatoms. The van der Waals surface area contributed by atoms with E-state index in [2.05, 4.69) is 19.2 Å². The first kappa shape index (κ1) is 76.8. The third-order valence-corrected chi connectivity index (χ3v) is 17.5. The Morgan fingerprint density at radius 2 is 0.756 bits per heavy atom. The number of hydrogen-bond acceptors (Lipinski definition) is 13. The Morgan fingerprint density at radius 1 is 0.427 bits per heavy atom. The van der Waals surface area contributed by atoms with E-state index in [-0.39, 0.29) is 18.9 Å². The van der Waals surface area contributed by atoms with Crippen LogP contribution in [0.3, 0.4) is 0 Å². The fourth-order valence-electron chi connectivity index (χ4n) is 11.9. The molecule has 1 amide bonds. The summed E-state index contributed by atoms with van der Waals surface area (Å²) >= 11 is 0. The van der Waals surface area contributed by atoms with E-state index in [1.54, 1.807) is 6.08 Å². The van der Waals surface area contributed by atoms with Gasteiger partial charge in [0.25, 0.3) is 0 Å². The van der Waals surface area contributed by atoms with E-state index in [4.69, 9.17) is 18.9 Å². The predicted molar refractivity (Wildman–Crippen MR) is 332 cm³/mol. The van der Waals surface area contributed by atoms with Crippen LogP contribution in [0.5, 0.6) is 0 Å². The van der Waals surface area contributed by atoms with Crippen LogP contribution in [0.1, 0.15) is 322 Å². The topological polar surface area (TPSA) is 228 Å². The van der Waals surface area contributed by atoms with E-state index in [0.717, 1.165) is 44.9 Å². The van der Waals surface area contributed by atoms with Crippen LogP contribution in [0.4, 0.5) is 0 Å². The highest BCUT2D eigenvalue weighted by molar-refractivity contribution is 5.76. The second kappa shape index (κ2) is 53.9. The summed E-state index contributed by atoms with van der Waals surface area (Å²) in [6.45, 7) is 2.78. The molecule has 0 aromatic carbocycles. The number of aliphatic hydroxyl groups is 8. The van der Waals surface area contributed by atoms with Crippen molar-refractivity contribution in [1.82, 2.24) is 5.32 Å². The van der Waals surface area contributed by atoms with Gasteiger partial charge in [-0.3, -0.25) is 4.79 Å². The highest BCUT2D eigenvalue weighted by Crippen LogP contribution is 2.30. The van der Waals surface area contributed by atoms with Gasteiger partial charge in [0.2, 0.25) is 5.91 Å². The van der Waals surface area contributed by atoms with Crippen LogP contribution >= 0.6 is 0 Å². The minimum atomic E-state index is -1.78. The Hall–Kier alpha value is -1.27. The maximum Gasteiger partial charge on any atom is 0.220 e. The summed E-state index contributed by atoms with van der Waals surface area (Å²) in [4.78, 5) is 13.2. The van der Waals surface area contributed by atoms with E-state index in [1.807, 2.05) is 6.08 Å². The number of carbonyl (C=O) groups excluding carboxylic acids is 1. The number of carbonyl (C=O) groups is 1. The lowest BCUT2D eigenvalue weighted by Gasteiger charge is -2.46. The zero-order chi connectivity index (χ0) is 59.5. The lowest BCUT2D eigenvalue weighted by molar-refractivity contribution is -0.359. The monoisotopic (exact) mass is 1170 g/mol. The quantitative estimate of drug-likeness (QED) is 0.0204. The molecule has 0 aliphatic carbocycles. The SMILES string of the molecule is CCCCCCCC/C=C/C(O)C(COC1OC(CO)C(OC2OC(CO)C(O)C(O)C2O)C(O)C1O)NC(=O)CCCCCCCCCCCCCCCCCCCCCCCCCCCCCCCCCCCCCCCCCC. The van der Waals surface area contributed by atoms with Crippen LogP contribution < -0.4 is 5.32 Å². The van der Waals surface area contributed by atoms with Gasteiger partial charge >= 0.3 is 0 Å². The number of hydrogen-bond donors (Lipinski definition) is 9. The third-order valence-electron chi connectivity index (χ3n) is 17.5. The molecule has 0 aromatic rings. The Labute approximate surface area is 501 Å². The summed E-state index contributed by atoms with van der Waals surface area (Å²) in [6, 6.07) is -0.908. The average Bonchev–Trinajstić information content (AvgIpc) is 3.64. The van der Waals surface area contributed by atoms with Gasteiger partial charge in [0.15, 0.2) is 12.6 Å². The van der Waals surface area contributed by atoms with Gasteiger partial charge < -0.3 is 65.1 Å². The smallest absolute Gasteiger partial charge is 0.220 e. The van der Waals surface area contributed by atoms with Crippen molar-refractivity contribution in [2.45, 2.75) is 396 Å². The first-order valence-electron chi connectivity index (χ1n) is 34.9. The van der Waals surface area contributed by atoms with Crippen molar-refractivity contribution in [2.24, 2.45) is 0 Å². The van der Waals surface area contributed by atoms with Gasteiger partial charge in [-0.1, -0.05) is 309 Å². The summed E-state index contributed by atoms with van der Waals surface area (Å²) in [5.41, 5.74) is 0. The van der Waals surface area contributed by atoms with Gasteiger partial charge in [-0.25, -0.2) is 0 Å². The second-order valence-electron chi connectivity index (χ2n) is 25.0. The van der Waals surface area contributed by atoms with Crippen LogP contribution in [0.25, 0.3) is 0 Å². The van der Waals surface area contributed by atoms with Crippen molar-refractivity contribution in [2.75, 3.05) is 19.8 Å². The molecule has 2 rings (SSSR count). The molecular weight excluding hydrogens is 1040 g/mol. The lowest BCUT2D eigenvalue weighted by atomic mass is 9.97. The number of unbranched alkanes of at least 4 members (excludes halogenated alkanes) is 45. The predicted octanol–water partition coefficient (Wildman–Crippen LogP) is 13.8. The van der Waals surface area contributed by atoms with Gasteiger partial charge in [0.05, 0.1) is 32.0 Å². The van der Waals surface area contributed by atoms with Crippen molar-refractivity contribution in [3.8, 4) is 0 Å². The molecule has 2 fully saturated rings. The van der Waals surface area contributed by atoms with Crippen molar-refractivity contribution in [3.05, 3.63) is 12.2 Å². The molecule has 14 nitrogen and oxygen atoms in total. The van der Waals surface area contributed by atoms with E-state index in [9.17, 15) is 45.6 Å². The van der Waals surface area contributed by atoms with Crippen LogP contribution in [0.15, 0.2) is 12.2 Å². The van der Waals surface area contributed by atoms with Crippen LogP contribution in [0, 0.1) is 0 Å². The maximum atomic E-state index is 13.2. The zero-order valence-electron chi connectivity index (χ0n) is 52.8. The van der Waals surface area contributed by atoms with Crippen LogP contribution in [0.2, 0.25) is 0 Å². The highest BCUT2D eigenvalue weighted by Gasteiger charge is 2.51. The van der Waals surface area contributed by atoms with Gasteiger partial charge in [0.1, 0.15) is 48.8 Å². The Morgan fingerprint density at radius 3 is 1.12 bits per heavy atom. The standard InChI is InChI=1S/C68H131NO13/c1-3-5-7-9-11-13-14-15-16-17-18-19-20-21-22-23-24-25-26-27-28-29-30-31-32-33-34-35-36-37-38-39-40-41-42-43-44-46-48-50-52-60(73)69-56(57(72)51-49-47-45-12-10-8-6-4-2)55-79-67-65(78)63(76)66(59(54-71)81-67)82-68-64(77)62(75)61(74)58(53-70)80-68/h49,51,56-59,61-68,70-72,74-78H,3-48,50,52-55H2,1-2H3,(H,69,73)/b51-49+. The average molecular weight is 1170 g/mol. The number of ether oxygens (including phenoxy) is 4. The molecule has 2 aliphatic heterocycles. The fraction of sp³-hybridized carbons (Fsp3) is 0.956. The van der Waals surface area contributed by atoms with Crippen molar-refractivity contribution < 1.29 is 64.6 Å². The summed E-state index contributed by atoms with van der Waals surface area (Å²) in [5, 5.41) is 86.8. The Bertz CT molecular complexity index is 1420. The minimum absolute atomic E-state index is 0.236. The van der Waals surface area contributed by atoms with E-state index < -0.39 is 86.8 Å². The maximum absolute atomic E-state index is 13.2. The molecule has 0 aromatic heterocycles. The highest BCUT2D eigenvalue weighted by atomic mass is 16.7. The minimum Gasteiger partial charge on any atom is -0.394 e. The molecule has 0 radical (unpaired) electrons. The van der Waals surface area contributed by atoms with Gasteiger partial charge in [-0.15, -0.1) is 0 Å². The Kier molecular flexibility index (Phi) is 50.5. The first-order valence-corrected chi connectivity index (χ1v) is 34.9. The molecule has 2 saturated heterocycles. The summed E-state index contributed by atoms with van der Waals surface area (Å²) in [5.74, 6) is -0.236. The molecule has 0 saturated carbocycles. The normalized spacial score (nSPS) is 23.9. The molecule has 0 bridgehead atoms. The molecule has 2 aliphatic rings. The number of rotatable bonds is 58. The number of nitrogens with one attached hydrogen (secondary N) is 1. The summed E-state index contributed by atoms with van der Waals surface area (Å²) in [6.07, 6.45) is 49.3. The van der Waals surface area contributed by atoms with Crippen molar-refractivity contribution in [1.29, 1.82) is 0 Å². The van der Waals surface area contributed by atoms with Gasteiger partial charge in [-0.05, 0) is 19.3 Å². The number of allylic oxidation sites excluding steroid dienone is 1. The van der Waals surface area contributed by atoms with Crippen LogP contribution in [-0.4, -0.2) is 140 Å². The molecule has 486 valence electrons. The molecule has 0 spiro atoms. The van der Waals surface area contributed by atoms with Gasteiger partial charge in [0, 0.05) is 6.42 Å². The van der Waals surface area contributed by atoms with E-state index in [0.29, 0.717) is 6.42 Å². The van der Waals surface area contributed by atoms with Crippen LogP contribution in [-0.2, 0) is 23.7 Å². The molecule has 12 atom stereocenters. The first-order chi connectivity index (χ1) is 40.1. The second-order valence-corrected chi connectivity index (χ2v) is 25.0. The Balaban J connectivity index is 1.47. The molecular formula is C68H131NO13. The van der Waals surface area contributed by atoms with E-state index in [1.165, 1.54) is 250 Å². The van der Waals surface area contributed by atoms with Gasteiger partial charge in [-0.2, -0.15) is 0 Å². The number of amides is 1. The van der Waals surface area contributed by atoms with Crippen molar-refractivity contribution >= 4 is 5.91 Å². The van der Waals surface area contributed by atoms with E-state index >= 15 is 0 Å². The number of aliphatic hydroxyl groups excluding tert-OH is 8. The summed E-state index contributed by atoms with van der Waals surface area (Å²) < 4.78 is 22.7. The lowest BCUT2D eigenvalue weighted by Crippen LogP contribution is -2.65. The third kappa shape index (κ3) is 38.1. The fourth-order valence-corrected chi connectivity index (χ4v) is 11.9. The largest absolute Gasteiger partial charge is 0.394 e. The molecule has 82 heavy (non-hydrogen) atoms.